The molecule has 45 heavy (non-hydrogen) atoms. The molecule has 1 aliphatic heterocycles. The molecule has 0 saturated carbocycles. The highest BCUT2D eigenvalue weighted by atomic mass is 16.7. The summed E-state index contributed by atoms with van der Waals surface area (Å²) >= 11 is 0. The first kappa shape index (κ1) is 31.2. The largest absolute Gasteiger partial charge is 0.508 e. The van der Waals surface area contributed by atoms with E-state index < -0.39 is 60.5 Å². The first-order valence-corrected chi connectivity index (χ1v) is 13.4. The highest BCUT2D eigenvalue weighted by Crippen LogP contribution is 2.45. The zero-order valence-corrected chi connectivity index (χ0v) is 23.5. The number of phenolic OH excluding ortho intramolecular Hbond substituents is 5. The number of carbonyl (C=O) groups excluding carboxylic acids is 1. The van der Waals surface area contributed by atoms with E-state index in [2.05, 4.69) is 0 Å². The lowest BCUT2D eigenvalue weighted by atomic mass is 9.99. The molecule has 3 aromatic carbocycles. The van der Waals surface area contributed by atoms with E-state index in [9.17, 15) is 45.6 Å². The summed E-state index contributed by atoms with van der Waals surface area (Å²) in [5, 5.41) is 82.0. The molecular formula is C31H29O14+. The second kappa shape index (κ2) is 12.8. The van der Waals surface area contributed by atoms with Crippen molar-refractivity contribution in [3.8, 4) is 51.6 Å². The van der Waals surface area contributed by atoms with Crippen molar-refractivity contribution in [1.29, 1.82) is 0 Å². The van der Waals surface area contributed by atoms with Crippen LogP contribution < -0.4 is 9.47 Å². The molecule has 5 atom stereocenters. The fourth-order valence-electron chi connectivity index (χ4n) is 4.59. The Kier molecular flexibility index (Phi) is 8.83. The lowest BCUT2D eigenvalue weighted by Crippen LogP contribution is -2.60. The van der Waals surface area contributed by atoms with Gasteiger partial charge in [-0.2, -0.15) is 0 Å². The molecule has 0 aliphatic carbocycles. The van der Waals surface area contributed by atoms with Crippen molar-refractivity contribution >= 4 is 23.0 Å². The van der Waals surface area contributed by atoms with E-state index in [1.807, 2.05) is 0 Å². The molecule has 0 radical (unpaired) electrons. The Morgan fingerprint density at radius 3 is 2.31 bits per heavy atom. The summed E-state index contributed by atoms with van der Waals surface area (Å²) in [5.74, 6) is -3.13. The van der Waals surface area contributed by atoms with Crippen molar-refractivity contribution in [3.05, 3.63) is 66.2 Å². The van der Waals surface area contributed by atoms with Crippen LogP contribution in [-0.2, 0) is 14.3 Å². The van der Waals surface area contributed by atoms with Gasteiger partial charge in [0.15, 0.2) is 11.5 Å². The number of hydrogen-bond acceptors (Lipinski definition) is 13. The van der Waals surface area contributed by atoms with Gasteiger partial charge in [-0.3, -0.25) is 0 Å². The third-order valence-corrected chi connectivity index (χ3v) is 6.96. The molecule has 1 aliphatic rings. The first-order valence-electron chi connectivity index (χ1n) is 13.4. The van der Waals surface area contributed by atoms with Gasteiger partial charge in [0.05, 0.1) is 18.7 Å². The number of methoxy groups -OCH3 is 1. The number of hydrogen-bond donors (Lipinski definition) is 8. The molecule has 1 saturated heterocycles. The van der Waals surface area contributed by atoms with Crippen LogP contribution in [0.2, 0.25) is 0 Å². The topological polar surface area (TPSA) is 227 Å². The predicted molar refractivity (Wildman–Crippen MR) is 155 cm³/mol. The first-order chi connectivity index (χ1) is 21.4. The number of phenols is 5. The summed E-state index contributed by atoms with van der Waals surface area (Å²) in [6.07, 6.45) is -5.87. The van der Waals surface area contributed by atoms with Crippen LogP contribution in [0, 0.1) is 0 Å². The molecule has 0 bridgehead atoms. The van der Waals surface area contributed by atoms with E-state index in [4.69, 9.17) is 23.4 Å². The predicted octanol–water partition coefficient (Wildman–Crippen LogP) is 2.36. The smallest absolute Gasteiger partial charge is 0.402 e. The van der Waals surface area contributed by atoms with Gasteiger partial charge in [-0.1, -0.05) is 12.1 Å². The Hall–Kier alpha value is -5.28. The maximum absolute atomic E-state index is 12.3. The number of carbonyl (C=O) groups is 1. The van der Waals surface area contributed by atoms with E-state index in [-0.39, 0.29) is 45.3 Å². The highest BCUT2D eigenvalue weighted by molar-refractivity contribution is 5.89. The van der Waals surface area contributed by atoms with Crippen LogP contribution in [0.25, 0.3) is 28.4 Å². The standard InChI is InChI=1S/C31H28O14/c1-41-22-9-15(8-20(35)26(22)37)30-23(12-18-19(34)10-17(33)11-21(18)43-30)44-31-29(40)28(39)27(38)24(45-31)13-42-25(36)7-4-14-2-5-16(32)6-3-14/h2-12,24,27-29,31,38-40H,13H2,1H3,(H4-,32,33,34,35,36,37)/p+1/t24-,27+,28+,29-,31-/m1/s1. The zero-order valence-electron chi connectivity index (χ0n) is 23.5. The number of aromatic hydroxyl groups is 5. The number of benzene rings is 3. The summed E-state index contributed by atoms with van der Waals surface area (Å²) in [6.45, 7) is -0.554. The Balaban J connectivity index is 1.43. The van der Waals surface area contributed by atoms with Crippen LogP contribution in [0.15, 0.2) is 65.1 Å². The minimum absolute atomic E-state index is 0.0212. The Bertz CT molecular complexity index is 1740. The molecule has 1 aromatic heterocycles. The summed E-state index contributed by atoms with van der Waals surface area (Å²) < 4.78 is 27.7. The second-order valence-electron chi connectivity index (χ2n) is 10.1. The molecule has 0 amide bonds. The summed E-state index contributed by atoms with van der Waals surface area (Å²) in [4.78, 5) is 12.3. The fraction of sp³-hybridized carbons (Fsp3) is 0.226. The van der Waals surface area contributed by atoms with Crippen molar-refractivity contribution in [2.75, 3.05) is 13.7 Å². The van der Waals surface area contributed by atoms with E-state index in [1.54, 1.807) is 12.1 Å². The lowest BCUT2D eigenvalue weighted by molar-refractivity contribution is -0.278. The monoisotopic (exact) mass is 625 g/mol. The Labute approximate surface area is 254 Å². The average molecular weight is 626 g/mol. The van der Waals surface area contributed by atoms with Gasteiger partial charge < -0.3 is 59.8 Å². The van der Waals surface area contributed by atoms with Crippen LogP contribution in [-0.4, -0.2) is 91.2 Å². The molecule has 1 fully saturated rings. The molecule has 5 rings (SSSR count). The van der Waals surface area contributed by atoms with Gasteiger partial charge in [0.25, 0.3) is 0 Å². The lowest BCUT2D eigenvalue weighted by Gasteiger charge is -2.39. The number of aliphatic hydroxyl groups excluding tert-OH is 3. The molecule has 4 aromatic rings. The zero-order chi connectivity index (χ0) is 32.4. The maximum Gasteiger partial charge on any atom is 0.402 e. The van der Waals surface area contributed by atoms with Crippen molar-refractivity contribution in [1.82, 2.24) is 0 Å². The number of esters is 1. The van der Waals surface area contributed by atoms with Gasteiger partial charge in [0.1, 0.15) is 53.7 Å². The highest BCUT2D eigenvalue weighted by Gasteiger charge is 2.46. The van der Waals surface area contributed by atoms with Crippen molar-refractivity contribution in [3.63, 3.8) is 0 Å². The number of aliphatic hydroxyl groups is 3. The number of fused-ring (bicyclic) bond motifs is 1. The van der Waals surface area contributed by atoms with Crippen molar-refractivity contribution in [2.45, 2.75) is 30.7 Å². The van der Waals surface area contributed by atoms with E-state index in [0.29, 0.717) is 5.56 Å². The molecule has 8 N–H and O–H groups in total. The quantitative estimate of drug-likeness (QED) is 0.0609. The summed E-state index contributed by atoms with van der Waals surface area (Å²) in [6, 6.07) is 11.9. The van der Waals surface area contributed by atoms with E-state index in [1.165, 1.54) is 43.5 Å². The van der Waals surface area contributed by atoms with Crippen LogP contribution in [0.4, 0.5) is 0 Å². The van der Waals surface area contributed by atoms with Crippen molar-refractivity contribution < 1.29 is 69.0 Å². The maximum atomic E-state index is 12.3. The van der Waals surface area contributed by atoms with Crippen LogP contribution in [0.3, 0.4) is 0 Å². The molecule has 0 unspecified atom stereocenters. The molecule has 0 spiro atoms. The Morgan fingerprint density at radius 1 is 0.867 bits per heavy atom. The summed E-state index contributed by atoms with van der Waals surface area (Å²) in [7, 11) is 1.25. The van der Waals surface area contributed by atoms with Gasteiger partial charge in [-0.05, 0) is 23.8 Å². The van der Waals surface area contributed by atoms with Gasteiger partial charge >= 0.3 is 17.3 Å². The van der Waals surface area contributed by atoms with Crippen molar-refractivity contribution in [2.24, 2.45) is 0 Å². The third kappa shape index (κ3) is 6.63. The average Bonchev–Trinajstić information content (AvgIpc) is 3.01. The van der Waals surface area contributed by atoms with Gasteiger partial charge in [0, 0.05) is 30.3 Å². The molecule has 14 heteroatoms. The summed E-state index contributed by atoms with van der Waals surface area (Å²) in [5.41, 5.74) is 0.661. The van der Waals surface area contributed by atoms with Crippen LogP contribution >= 0.6 is 0 Å². The van der Waals surface area contributed by atoms with Crippen LogP contribution in [0.5, 0.6) is 40.2 Å². The minimum atomic E-state index is -1.83. The molecule has 14 nitrogen and oxygen atoms in total. The third-order valence-electron chi connectivity index (χ3n) is 6.96. The number of ether oxygens (including phenoxy) is 4. The minimum Gasteiger partial charge on any atom is -0.508 e. The van der Waals surface area contributed by atoms with Gasteiger partial charge in [-0.25, -0.2) is 9.21 Å². The fourth-order valence-corrected chi connectivity index (χ4v) is 4.59. The van der Waals surface area contributed by atoms with Crippen LogP contribution in [0.1, 0.15) is 5.56 Å². The van der Waals surface area contributed by atoms with E-state index in [0.717, 1.165) is 18.2 Å². The Morgan fingerprint density at radius 2 is 1.60 bits per heavy atom. The van der Waals surface area contributed by atoms with Gasteiger partial charge in [-0.15, -0.1) is 0 Å². The second-order valence-corrected chi connectivity index (χ2v) is 10.1. The normalized spacial score (nSPS) is 21.6. The molecule has 236 valence electrons. The number of rotatable bonds is 8. The molecular weight excluding hydrogens is 596 g/mol. The molecule has 2 heterocycles. The van der Waals surface area contributed by atoms with Gasteiger partial charge in [0.2, 0.25) is 17.8 Å². The van der Waals surface area contributed by atoms with E-state index >= 15 is 0 Å². The SMILES string of the molecule is COc1cc(-c2[o+]c3cc(O)cc(O)c3cc2O[C@@H]2O[C@H](COC(=O)/C=C/c3ccc(O)cc3)[C@H](O)[C@H](O)[C@H]2O)cc(O)c1O.